The van der Waals surface area contributed by atoms with E-state index in [-0.39, 0.29) is 10.7 Å². The van der Waals surface area contributed by atoms with Crippen LogP contribution in [0, 0.1) is 20.8 Å². The molecule has 7 heteroatoms. The highest BCUT2D eigenvalue weighted by Gasteiger charge is 2.19. The van der Waals surface area contributed by atoms with E-state index >= 15 is 0 Å². The molecule has 0 fully saturated rings. The lowest BCUT2D eigenvalue weighted by Gasteiger charge is -2.15. The van der Waals surface area contributed by atoms with Crippen LogP contribution in [0.25, 0.3) is 11.0 Å². The molecule has 0 aliphatic rings. The lowest BCUT2D eigenvalue weighted by atomic mass is 10.1. The van der Waals surface area contributed by atoms with Gasteiger partial charge in [-0.15, -0.1) is 0 Å². The molecule has 0 aliphatic heterocycles. The van der Waals surface area contributed by atoms with Crippen LogP contribution in [0.5, 0.6) is 0 Å². The number of nitrogens with one attached hydrogen (secondary N) is 2. The van der Waals surface area contributed by atoms with Gasteiger partial charge in [-0.2, -0.15) is 0 Å². The fourth-order valence-corrected chi connectivity index (χ4v) is 4.42. The predicted molar refractivity (Wildman–Crippen MR) is 121 cm³/mol. The van der Waals surface area contributed by atoms with Crippen molar-refractivity contribution in [2.75, 3.05) is 10.0 Å². The molecule has 0 amide bonds. The van der Waals surface area contributed by atoms with Crippen molar-refractivity contribution in [3.8, 4) is 0 Å². The molecule has 4 aromatic rings. The second kappa shape index (κ2) is 7.76. The number of hydrogen-bond acceptors (Lipinski definition) is 5. The summed E-state index contributed by atoms with van der Waals surface area (Å²) >= 11 is 0. The number of sulfonamides is 1. The molecule has 0 bridgehead atoms. The smallest absolute Gasteiger partial charge is 0.263 e. The van der Waals surface area contributed by atoms with Crippen molar-refractivity contribution in [2.45, 2.75) is 25.7 Å². The van der Waals surface area contributed by atoms with Crippen LogP contribution in [-0.4, -0.2) is 18.4 Å². The third-order valence-corrected chi connectivity index (χ3v) is 5.92. The number of anilines is 3. The topological polar surface area (TPSA) is 84.0 Å². The van der Waals surface area contributed by atoms with Gasteiger partial charge in [0.25, 0.3) is 10.0 Å². The molecule has 1 heterocycles. The van der Waals surface area contributed by atoms with E-state index in [1.165, 1.54) is 0 Å². The Bertz CT molecular complexity index is 1330. The van der Waals surface area contributed by atoms with E-state index in [1.807, 2.05) is 57.2 Å². The summed E-state index contributed by atoms with van der Waals surface area (Å²) in [4.78, 5) is 9.33. The van der Waals surface area contributed by atoms with Gasteiger partial charge in [-0.25, -0.2) is 18.4 Å². The second-order valence-electron chi connectivity index (χ2n) is 7.33. The Morgan fingerprint density at radius 3 is 1.97 bits per heavy atom. The van der Waals surface area contributed by atoms with Gasteiger partial charge in [0.1, 0.15) is 0 Å². The van der Waals surface area contributed by atoms with Crippen LogP contribution in [0.15, 0.2) is 71.6 Å². The van der Waals surface area contributed by atoms with Crippen molar-refractivity contribution >= 4 is 38.4 Å². The maximum absolute atomic E-state index is 13.0. The first-order valence-corrected chi connectivity index (χ1v) is 11.0. The number of aryl methyl sites for hydroxylation is 3. The molecule has 0 saturated carbocycles. The number of rotatable bonds is 5. The normalized spacial score (nSPS) is 11.4. The fraction of sp³-hybridized carbons (Fsp3) is 0.130. The molecule has 152 valence electrons. The highest BCUT2D eigenvalue weighted by molar-refractivity contribution is 7.92. The van der Waals surface area contributed by atoms with Gasteiger partial charge < -0.3 is 5.32 Å². The van der Waals surface area contributed by atoms with E-state index in [1.54, 1.807) is 24.3 Å². The summed E-state index contributed by atoms with van der Waals surface area (Å²) in [7, 11) is -3.83. The number of hydrogen-bond donors (Lipinski definition) is 2. The van der Waals surface area contributed by atoms with E-state index in [9.17, 15) is 8.42 Å². The van der Waals surface area contributed by atoms with Crippen LogP contribution in [0.2, 0.25) is 0 Å². The SMILES string of the molecule is Cc1cc(C)cc(Nc2nc3ccccc3nc2NS(=O)(=O)c2cccc(C)c2)c1. The van der Waals surface area contributed by atoms with Crippen LogP contribution in [0.4, 0.5) is 17.3 Å². The second-order valence-corrected chi connectivity index (χ2v) is 9.02. The molecule has 4 rings (SSSR count). The Morgan fingerprint density at radius 2 is 1.33 bits per heavy atom. The largest absolute Gasteiger partial charge is 0.337 e. The highest BCUT2D eigenvalue weighted by atomic mass is 32.2. The molecule has 0 spiro atoms. The molecular formula is C23H22N4O2S. The third kappa shape index (κ3) is 4.26. The van der Waals surface area contributed by atoms with Crippen LogP contribution in [0.1, 0.15) is 16.7 Å². The molecule has 6 nitrogen and oxygen atoms in total. The van der Waals surface area contributed by atoms with E-state index in [0.29, 0.717) is 16.9 Å². The Hall–Kier alpha value is -3.45. The molecule has 0 unspecified atom stereocenters. The number of nitrogens with zero attached hydrogens (tertiary/aromatic N) is 2. The molecule has 2 N–H and O–H groups in total. The zero-order chi connectivity index (χ0) is 21.3. The Labute approximate surface area is 176 Å². The molecule has 0 aliphatic carbocycles. The van der Waals surface area contributed by atoms with Gasteiger partial charge >= 0.3 is 0 Å². The Kier molecular flexibility index (Phi) is 5.13. The molecule has 3 aromatic carbocycles. The summed E-state index contributed by atoms with van der Waals surface area (Å²) in [6.45, 7) is 5.86. The summed E-state index contributed by atoms with van der Waals surface area (Å²) in [6, 6.07) is 20.1. The Morgan fingerprint density at radius 1 is 0.700 bits per heavy atom. The van der Waals surface area contributed by atoms with Crippen molar-refractivity contribution < 1.29 is 8.42 Å². The van der Waals surface area contributed by atoms with Gasteiger partial charge in [-0.1, -0.05) is 30.3 Å². The quantitative estimate of drug-likeness (QED) is 0.471. The predicted octanol–water partition coefficient (Wildman–Crippen LogP) is 5.10. The number of para-hydroxylation sites is 2. The van der Waals surface area contributed by atoms with Crippen molar-refractivity contribution in [1.82, 2.24) is 9.97 Å². The number of aromatic nitrogens is 2. The van der Waals surface area contributed by atoms with Gasteiger partial charge in [0.15, 0.2) is 11.6 Å². The summed E-state index contributed by atoms with van der Waals surface area (Å²) in [5.74, 6) is 0.490. The fourth-order valence-electron chi connectivity index (χ4n) is 3.31. The van der Waals surface area contributed by atoms with Gasteiger partial charge in [0.05, 0.1) is 15.9 Å². The summed E-state index contributed by atoms with van der Waals surface area (Å²) in [5.41, 5.74) is 5.12. The zero-order valence-corrected chi connectivity index (χ0v) is 17.8. The first kappa shape index (κ1) is 19.8. The lowest BCUT2D eigenvalue weighted by molar-refractivity contribution is 0.601. The Balaban J connectivity index is 1.80. The minimum absolute atomic E-state index is 0.148. The van der Waals surface area contributed by atoms with Crippen molar-refractivity contribution in [2.24, 2.45) is 0 Å². The number of benzene rings is 3. The summed E-state index contributed by atoms with van der Waals surface area (Å²) < 4.78 is 28.6. The standard InChI is InChI=1S/C23H22N4O2S/c1-15-7-6-8-19(14-15)30(28,29)27-23-22(24-18-12-16(2)11-17(3)13-18)25-20-9-4-5-10-21(20)26-23/h4-14H,1-3H3,(H,24,25)(H,26,27). The first-order chi connectivity index (χ1) is 14.3. The van der Waals surface area contributed by atoms with Crippen LogP contribution < -0.4 is 10.0 Å². The van der Waals surface area contributed by atoms with Crippen LogP contribution in [-0.2, 0) is 10.0 Å². The van der Waals surface area contributed by atoms with Crippen molar-refractivity contribution in [1.29, 1.82) is 0 Å². The average Bonchev–Trinajstić information content (AvgIpc) is 2.67. The first-order valence-electron chi connectivity index (χ1n) is 9.52. The minimum atomic E-state index is -3.83. The lowest BCUT2D eigenvalue weighted by Crippen LogP contribution is -2.16. The molecule has 0 atom stereocenters. The molecule has 1 aromatic heterocycles. The van der Waals surface area contributed by atoms with E-state index < -0.39 is 10.0 Å². The molecule has 30 heavy (non-hydrogen) atoms. The van der Waals surface area contributed by atoms with Crippen LogP contribution >= 0.6 is 0 Å². The maximum Gasteiger partial charge on any atom is 0.263 e. The highest BCUT2D eigenvalue weighted by Crippen LogP contribution is 2.28. The third-order valence-electron chi connectivity index (χ3n) is 4.59. The zero-order valence-electron chi connectivity index (χ0n) is 17.0. The van der Waals surface area contributed by atoms with E-state index in [0.717, 1.165) is 22.4 Å². The minimum Gasteiger partial charge on any atom is -0.337 e. The molecular weight excluding hydrogens is 396 g/mol. The van der Waals surface area contributed by atoms with Gasteiger partial charge in [-0.3, -0.25) is 4.72 Å². The summed E-state index contributed by atoms with van der Waals surface area (Å²) in [5, 5.41) is 3.23. The van der Waals surface area contributed by atoms with Crippen LogP contribution in [0.3, 0.4) is 0 Å². The molecule has 0 saturated heterocycles. The van der Waals surface area contributed by atoms with Crippen molar-refractivity contribution in [3.05, 3.63) is 83.4 Å². The van der Waals surface area contributed by atoms with Gasteiger partial charge in [-0.05, 0) is 73.9 Å². The average molecular weight is 419 g/mol. The van der Waals surface area contributed by atoms with Crippen molar-refractivity contribution in [3.63, 3.8) is 0 Å². The maximum atomic E-state index is 13.0. The summed E-state index contributed by atoms with van der Waals surface area (Å²) in [6.07, 6.45) is 0. The van der Waals surface area contributed by atoms with Gasteiger partial charge in [0.2, 0.25) is 0 Å². The number of fused-ring (bicyclic) bond motifs is 1. The van der Waals surface area contributed by atoms with E-state index in [4.69, 9.17) is 0 Å². The monoisotopic (exact) mass is 418 g/mol. The molecule has 0 radical (unpaired) electrons. The van der Waals surface area contributed by atoms with Gasteiger partial charge in [0, 0.05) is 5.69 Å². The van der Waals surface area contributed by atoms with E-state index in [2.05, 4.69) is 26.1 Å².